The molecule has 0 aromatic heterocycles. The van der Waals surface area contributed by atoms with Gasteiger partial charge in [-0.1, -0.05) is 13.8 Å². The minimum atomic E-state index is -0.252. The molecular weight excluding hydrogens is 304 g/mol. The van der Waals surface area contributed by atoms with Gasteiger partial charge in [0.25, 0.3) is 5.91 Å². The first-order valence-electron chi connectivity index (χ1n) is 9.03. The minimum absolute atomic E-state index is 0.0443. The van der Waals surface area contributed by atoms with Gasteiger partial charge in [-0.15, -0.1) is 0 Å². The van der Waals surface area contributed by atoms with Crippen LogP contribution in [0.25, 0.3) is 0 Å². The lowest BCUT2D eigenvalue weighted by Gasteiger charge is -2.23. The van der Waals surface area contributed by atoms with E-state index in [2.05, 4.69) is 17.1 Å². The van der Waals surface area contributed by atoms with E-state index in [1.807, 2.05) is 26.8 Å². The summed E-state index contributed by atoms with van der Waals surface area (Å²) in [5.74, 6) is 0.281. The lowest BCUT2D eigenvalue weighted by Crippen LogP contribution is -2.40. The number of nitrogens with one attached hydrogen (secondary N) is 1. The van der Waals surface area contributed by atoms with Crippen molar-refractivity contribution in [2.45, 2.75) is 53.0 Å². The normalized spacial score (nSPS) is 17.9. The fourth-order valence-corrected chi connectivity index (χ4v) is 3.51. The van der Waals surface area contributed by atoms with E-state index in [9.17, 15) is 9.90 Å². The molecule has 1 amide bonds. The molecule has 1 aliphatic heterocycles. The van der Waals surface area contributed by atoms with Crippen molar-refractivity contribution in [3.63, 3.8) is 0 Å². The van der Waals surface area contributed by atoms with Crippen molar-refractivity contribution in [3.8, 4) is 11.5 Å². The third-order valence-electron chi connectivity index (χ3n) is 4.82. The summed E-state index contributed by atoms with van der Waals surface area (Å²) in [5.41, 5.74) is 1.93. The van der Waals surface area contributed by atoms with E-state index in [0.29, 0.717) is 31.4 Å². The molecule has 5 nitrogen and oxygen atoms in total. The Balaban J connectivity index is 2.22. The lowest BCUT2D eigenvalue weighted by molar-refractivity contribution is 0.0934. The summed E-state index contributed by atoms with van der Waals surface area (Å²) in [6.07, 6.45) is 2.95. The maximum absolute atomic E-state index is 12.8. The van der Waals surface area contributed by atoms with Crippen LogP contribution in [0.1, 0.15) is 55.1 Å². The van der Waals surface area contributed by atoms with Crippen LogP contribution in [0.2, 0.25) is 0 Å². The highest BCUT2D eigenvalue weighted by Crippen LogP contribution is 2.35. The van der Waals surface area contributed by atoms with Gasteiger partial charge in [0.1, 0.15) is 17.1 Å². The summed E-state index contributed by atoms with van der Waals surface area (Å²) >= 11 is 0. The van der Waals surface area contributed by atoms with Crippen LogP contribution in [-0.4, -0.2) is 48.2 Å². The van der Waals surface area contributed by atoms with Crippen LogP contribution in [0.4, 0.5) is 0 Å². The zero-order chi connectivity index (χ0) is 17.7. The molecule has 1 unspecified atom stereocenters. The van der Waals surface area contributed by atoms with E-state index in [4.69, 9.17) is 4.74 Å². The number of likely N-dealkylation sites (tertiary alicyclic amines) is 1. The molecule has 1 atom stereocenters. The first-order valence-corrected chi connectivity index (χ1v) is 9.03. The minimum Gasteiger partial charge on any atom is -0.507 e. The first-order chi connectivity index (χ1) is 11.5. The summed E-state index contributed by atoms with van der Waals surface area (Å²) < 4.78 is 5.65. The number of aryl methyl sites for hydroxylation is 2. The zero-order valence-corrected chi connectivity index (χ0v) is 15.3. The van der Waals surface area contributed by atoms with Gasteiger partial charge in [-0.05, 0) is 63.4 Å². The molecule has 0 aliphatic carbocycles. The number of likely N-dealkylation sites (N-methyl/N-ethyl adjacent to an activating group) is 1. The molecule has 1 aromatic rings. The highest BCUT2D eigenvalue weighted by Gasteiger charge is 2.26. The van der Waals surface area contributed by atoms with E-state index in [0.717, 1.165) is 30.6 Å². The molecular formula is C19H30N2O3. The molecule has 1 fully saturated rings. The van der Waals surface area contributed by atoms with Gasteiger partial charge in [-0.25, -0.2) is 0 Å². The third-order valence-corrected chi connectivity index (χ3v) is 4.82. The van der Waals surface area contributed by atoms with Gasteiger partial charge in [0.2, 0.25) is 0 Å². The average molecular weight is 334 g/mol. The maximum Gasteiger partial charge on any atom is 0.258 e. The molecule has 0 spiro atoms. The molecule has 134 valence electrons. The van der Waals surface area contributed by atoms with Crippen molar-refractivity contribution in [1.29, 1.82) is 0 Å². The molecule has 1 saturated heterocycles. The number of ether oxygens (including phenoxy) is 1. The van der Waals surface area contributed by atoms with Crippen molar-refractivity contribution in [3.05, 3.63) is 22.8 Å². The monoisotopic (exact) mass is 334 g/mol. The summed E-state index contributed by atoms with van der Waals surface area (Å²) in [5, 5.41) is 13.5. The van der Waals surface area contributed by atoms with Crippen LogP contribution in [0.3, 0.4) is 0 Å². The summed E-state index contributed by atoms with van der Waals surface area (Å²) in [7, 11) is 0. The average Bonchev–Trinajstić information content (AvgIpc) is 3.03. The smallest absolute Gasteiger partial charge is 0.258 e. The Bertz CT molecular complexity index is 586. The van der Waals surface area contributed by atoms with Crippen LogP contribution in [0, 0.1) is 6.92 Å². The summed E-state index contributed by atoms with van der Waals surface area (Å²) in [4.78, 5) is 15.1. The van der Waals surface area contributed by atoms with Gasteiger partial charge >= 0.3 is 0 Å². The predicted octanol–water partition coefficient (Wildman–Crippen LogP) is 2.88. The number of aromatic hydroxyl groups is 1. The third kappa shape index (κ3) is 3.83. The molecule has 0 saturated carbocycles. The number of hydrogen-bond donors (Lipinski definition) is 2. The molecule has 1 aromatic carbocycles. The van der Waals surface area contributed by atoms with Gasteiger partial charge in [-0.2, -0.15) is 0 Å². The largest absolute Gasteiger partial charge is 0.507 e. The molecule has 1 heterocycles. The standard InChI is InChI=1S/C19H30N2O3/c1-5-14-11-13(4)18(24-7-3)16(17(14)22)19(23)20-12-15-9-8-10-21(15)6-2/h11,15,22H,5-10,12H2,1-4H3,(H,20,23). The molecule has 0 radical (unpaired) electrons. The van der Waals surface area contributed by atoms with Crippen molar-refractivity contribution in [2.75, 3.05) is 26.2 Å². The fourth-order valence-electron chi connectivity index (χ4n) is 3.51. The van der Waals surface area contributed by atoms with Crippen LogP contribution in [0.15, 0.2) is 6.07 Å². The zero-order valence-electron chi connectivity index (χ0n) is 15.3. The number of carbonyl (C=O) groups excluding carboxylic acids is 1. The highest BCUT2D eigenvalue weighted by atomic mass is 16.5. The van der Waals surface area contributed by atoms with Crippen LogP contribution in [0.5, 0.6) is 11.5 Å². The number of phenols is 1. The number of rotatable bonds is 7. The van der Waals surface area contributed by atoms with Crippen molar-refractivity contribution >= 4 is 5.91 Å². The number of carbonyl (C=O) groups is 1. The number of nitrogens with zero attached hydrogens (tertiary/aromatic N) is 1. The van der Waals surface area contributed by atoms with Gasteiger partial charge in [0, 0.05) is 12.6 Å². The van der Waals surface area contributed by atoms with Crippen LogP contribution in [-0.2, 0) is 6.42 Å². The quantitative estimate of drug-likeness (QED) is 0.805. The van der Waals surface area contributed by atoms with E-state index >= 15 is 0 Å². The summed E-state index contributed by atoms with van der Waals surface area (Å²) in [6, 6.07) is 2.28. The SMILES string of the molecule is CCOc1c(C)cc(CC)c(O)c1C(=O)NCC1CCCN1CC. The number of amides is 1. The summed E-state index contributed by atoms with van der Waals surface area (Å²) in [6.45, 7) is 11.1. The second kappa shape index (κ2) is 8.38. The Hall–Kier alpha value is -1.75. The first kappa shape index (κ1) is 18.6. The predicted molar refractivity (Wildman–Crippen MR) is 96.0 cm³/mol. The molecule has 2 N–H and O–H groups in total. The van der Waals surface area contributed by atoms with Crippen LogP contribution >= 0.6 is 0 Å². The van der Waals surface area contributed by atoms with Gasteiger partial charge in [0.05, 0.1) is 6.61 Å². The molecule has 5 heteroatoms. The number of phenolic OH excluding ortho intramolecular Hbond substituents is 1. The number of benzene rings is 1. The molecule has 24 heavy (non-hydrogen) atoms. The van der Waals surface area contributed by atoms with Crippen molar-refractivity contribution < 1.29 is 14.6 Å². The van der Waals surface area contributed by atoms with E-state index in [-0.39, 0.29) is 17.2 Å². The molecule has 1 aliphatic rings. The molecule has 2 rings (SSSR count). The Morgan fingerprint density at radius 2 is 2.17 bits per heavy atom. The second-order valence-corrected chi connectivity index (χ2v) is 6.33. The Labute approximate surface area is 145 Å². The van der Waals surface area contributed by atoms with Gasteiger partial charge < -0.3 is 15.2 Å². The van der Waals surface area contributed by atoms with Crippen molar-refractivity contribution in [2.24, 2.45) is 0 Å². The van der Waals surface area contributed by atoms with E-state index in [1.165, 1.54) is 6.42 Å². The second-order valence-electron chi connectivity index (χ2n) is 6.33. The van der Waals surface area contributed by atoms with Gasteiger partial charge in [0.15, 0.2) is 0 Å². The Kier molecular flexibility index (Phi) is 6.49. The Morgan fingerprint density at radius 3 is 2.79 bits per heavy atom. The van der Waals surface area contributed by atoms with Crippen molar-refractivity contribution in [1.82, 2.24) is 10.2 Å². The fraction of sp³-hybridized carbons (Fsp3) is 0.632. The topological polar surface area (TPSA) is 61.8 Å². The number of hydrogen-bond acceptors (Lipinski definition) is 4. The lowest BCUT2D eigenvalue weighted by atomic mass is 10.0. The highest BCUT2D eigenvalue weighted by molar-refractivity contribution is 6.00. The maximum atomic E-state index is 12.8. The molecule has 0 bridgehead atoms. The Morgan fingerprint density at radius 1 is 1.42 bits per heavy atom. The van der Waals surface area contributed by atoms with E-state index in [1.54, 1.807) is 0 Å². The van der Waals surface area contributed by atoms with E-state index < -0.39 is 0 Å². The van der Waals surface area contributed by atoms with Gasteiger partial charge in [-0.3, -0.25) is 9.69 Å². The van der Waals surface area contributed by atoms with Crippen LogP contribution < -0.4 is 10.1 Å².